The Labute approximate surface area is 96.4 Å². The average Bonchev–Trinajstić information content (AvgIpc) is 2.26. The van der Waals surface area contributed by atoms with Crippen LogP contribution in [0.5, 0.6) is 0 Å². The first-order valence-electron chi connectivity index (χ1n) is 5.15. The van der Waals surface area contributed by atoms with Gasteiger partial charge in [-0.1, -0.05) is 0 Å². The second-order valence-corrected chi connectivity index (χ2v) is 4.36. The van der Waals surface area contributed by atoms with Gasteiger partial charge in [0.15, 0.2) is 0 Å². The molecule has 0 spiro atoms. The van der Waals surface area contributed by atoms with Gasteiger partial charge in [0.2, 0.25) is 0 Å². The molecule has 4 atom stereocenters. The second-order valence-electron chi connectivity index (χ2n) is 4.36. The van der Waals surface area contributed by atoms with Gasteiger partial charge in [-0.15, -0.1) is 0 Å². The highest BCUT2D eigenvalue weighted by Gasteiger charge is 2.38. The molecule has 1 aliphatic rings. The molecule has 1 heterocycles. The molecule has 2 N–H and O–H groups in total. The maximum atomic E-state index is 9.09. The quantitative estimate of drug-likeness (QED) is 0.607. The van der Waals surface area contributed by atoms with Crippen LogP contribution < -0.4 is 10.6 Å². The number of nitrogens with zero attached hydrogens (tertiary/aromatic N) is 4. The molecular formula is C10H18N6. The molecule has 1 aliphatic heterocycles. The molecule has 88 valence electrons. The standard InChI is InChI=1S/C10H18N6/c1-15(2)9-7(5-11)14-10(16(3)4)8(6-12)13-9/h7-10,13-14H,1-4H3. The number of piperazine rings is 1. The van der Waals surface area contributed by atoms with Gasteiger partial charge in [0, 0.05) is 0 Å². The van der Waals surface area contributed by atoms with E-state index in [9.17, 15) is 0 Å². The zero-order valence-corrected chi connectivity index (χ0v) is 10.1. The third-order valence-electron chi connectivity index (χ3n) is 2.72. The van der Waals surface area contributed by atoms with E-state index < -0.39 is 0 Å². The van der Waals surface area contributed by atoms with Gasteiger partial charge in [0.25, 0.3) is 0 Å². The highest BCUT2D eigenvalue weighted by atomic mass is 15.4. The van der Waals surface area contributed by atoms with Gasteiger partial charge in [-0.25, -0.2) is 0 Å². The highest BCUT2D eigenvalue weighted by Crippen LogP contribution is 2.10. The molecule has 0 aromatic heterocycles. The van der Waals surface area contributed by atoms with E-state index in [0.29, 0.717) is 0 Å². The molecule has 0 bridgehead atoms. The summed E-state index contributed by atoms with van der Waals surface area (Å²) in [4.78, 5) is 3.80. The Hall–Kier alpha value is -1.18. The molecule has 0 amide bonds. The lowest BCUT2D eigenvalue weighted by Crippen LogP contribution is -2.71. The van der Waals surface area contributed by atoms with Gasteiger partial charge in [0.05, 0.1) is 24.5 Å². The van der Waals surface area contributed by atoms with Crippen LogP contribution in [0.1, 0.15) is 0 Å². The van der Waals surface area contributed by atoms with Crippen LogP contribution in [0.3, 0.4) is 0 Å². The summed E-state index contributed by atoms with van der Waals surface area (Å²) in [5.74, 6) is 0. The van der Waals surface area contributed by atoms with Crippen molar-refractivity contribution in [2.75, 3.05) is 28.2 Å². The Morgan fingerprint density at radius 2 is 1.12 bits per heavy atom. The van der Waals surface area contributed by atoms with Crippen molar-refractivity contribution in [3.8, 4) is 12.1 Å². The number of hydrogen-bond donors (Lipinski definition) is 2. The lowest BCUT2D eigenvalue weighted by molar-refractivity contribution is 0.0900. The third-order valence-corrected chi connectivity index (χ3v) is 2.72. The molecule has 0 aromatic carbocycles. The van der Waals surface area contributed by atoms with Crippen LogP contribution in [-0.2, 0) is 0 Å². The van der Waals surface area contributed by atoms with Crippen molar-refractivity contribution in [2.24, 2.45) is 0 Å². The molecule has 0 aliphatic carbocycles. The molecule has 0 aromatic rings. The van der Waals surface area contributed by atoms with Crippen LogP contribution in [0.4, 0.5) is 0 Å². The Morgan fingerprint density at radius 3 is 1.31 bits per heavy atom. The summed E-state index contributed by atoms with van der Waals surface area (Å²) in [6, 6.07) is 3.77. The predicted molar refractivity (Wildman–Crippen MR) is 60.0 cm³/mol. The van der Waals surface area contributed by atoms with Crippen molar-refractivity contribution < 1.29 is 0 Å². The summed E-state index contributed by atoms with van der Waals surface area (Å²) < 4.78 is 0. The van der Waals surface area contributed by atoms with Crippen LogP contribution in [0.25, 0.3) is 0 Å². The maximum absolute atomic E-state index is 9.09. The molecular weight excluding hydrogens is 204 g/mol. The molecule has 1 fully saturated rings. The van der Waals surface area contributed by atoms with Crippen molar-refractivity contribution in [1.29, 1.82) is 10.5 Å². The zero-order valence-electron chi connectivity index (χ0n) is 10.1. The van der Waals surface area contributed by atoms with E-state index in [2.05, 4.69) is 22.8 Å². The van der Waals surface area contributed by atoms with Crippen molar-refractivity contribution >= 4 is 0 Å². The Bertz CT molecular complexity index is 280. The molecule has 1 saturated heterocycles. The lowest BCUT2D eigenvalue weighted by Gasteiger charge is -2.43. The van der Waals surface area contributed by atoms with Gasteiger partial charge in [-0.3, -0.25) is 20.4 Å². The molecule has 6 heteroatoms. The van der Waals surface area contributed by atoms with Crippen molar-refractivity contribution in [1.82, 2.24) is 20.4 Å². The van der Waals surface area contributed by atoms with Crippen molar-refractivity contribution in [2.45, 2.75) is 24.4 Å². The normalized spacial score (nSPS) is 34.8. The fourth-order valence-corrected chi connectivity index (χ4v) is 1.85. The van der Waals surface area contributed by atoms with E-state index >= 15 is 0 Å². The van der Waals surface area contributed by atoms with Gasteiger partial charge in [-0.2, -0.15) is 10.5 Å². The summed E-state index contributed by atoms with van der Waals surface area (Å²) in [5, 5.41) is 24.5. The maximum Gasteiger partial charge on any atom is 0.126 e. The number of rotatable bonds is 2. The Balaban J connectivity index is 2.85. The van der Waals surface area contributed by atoms with Crippen LogP contribution in [0.2, 0.25) is 0 Å². The first-order valence-corrected chi connectivity index (χ1v) is 5.15. The van der Waals surface area contributed by atoms with Crippen LogP contribution in [0.15, 0.2) is 0 Å². The minimum atomic E-state index is -0.327. The first-order chi connectivity index (χ1) is 7.51. The largest absolute Gasteiger partial charge is 0.292 e. The molecule has 6 nitrogen and oxygen atoms in total. The summed E-state index contributed by atoms with van der Waals surface area (Å²) in [6.07, 6.45) is -0.295. The highest BCUT2D eigenvalue weighted by molar-refractivity contribution is 5.10. The monoisotopic (exact) mass is 222 g/mol. The van der Waals surface area contributed by atoms with Gasteiger partial charge >= 0.3 is 0 Å². The SMILES string of the molecule is CN(C)C1NC(C#N)C(N(C)C)NC1C#N. The van der Waals surface area contributed by atoms with E-state index in [1.807, 2.05) is 38.0 Å². The molecule has 16 heavy (non-hydrogen) atoms. The van der Waals surface area contributed by atoms with Gasteiger partial charge in [0.1, 0.15) is 12.1 Å². The zero-order chi connectivity index (χ0) is 12.3. The van der Waals surface area contributed by atoms with E-state index in [4.69, 9.17) is 10.5 Å². The fraction of sp³-hybridized carbons (Fsp3) is 0.800. The van der Waals surface area contributed by atoms with Gasteiger partial charge < -0.3 is 0 Å². The molecule has 0 radical (unpaired) electrons. The molecule has 0 saturated carbocycles. The predicted octanol–water partition coefficient (Wildman–Crippen LogP) is -1.26. The third kappa shape index (κ3) is 2.49. The Morgan fingerprint density at radius 1 is 0.812 bits per heavy atom. The minimum Gasteiger partial charge on any atom is -0.292 e. The second kappa shape index (κ2) is 5.24. The topological polar surface area (TPSA) is 78.1 Å². The summed E-state index contributed by atoms with van der Waals surface area (Å²) in [5.41, 5.74) is 0. The smallest absolute Gasteiger partial charge is 0.126 e. The average molecular weight is 222 g/mol. The van der Waals surface area contributed by atoms with Crippen LogP contribution in [-0.4, -0.2) is 62.4 Å². The molecule has 4 unspecified atom stereocenters. The number of hydrogen-bond acceptors (Lipinski definition) is 6. The summed E-state index contributed by atoms with van der Waals surface area (Å²) >= 11 is 0. The van der Waals surface area contributed by atoms with Crippen molar-refractivity contribution in [3.63, 3.8) is 0 Å². The van der Waals surface area contributed by atoms with E-state index in [0.717, 1.165) is 0 Å². The minimum absolute atomic E-state index is 0.147. The first kappa shape index (κ1) is 12.9. The van der Waals surface area contributed by atoms with Crippen molar-refractivity contribution in [3.05, 3.63) is 0 Å². The Kier molecular flexibility index (Phi) is 4.22. The summed E-state index contributed by atoms with van der Waals surface area (Å²) in [6.45, 7) is 0. The van der Waals surface area contributed by atoms with E-state index in [-0.39, 0.29) is 24.4 Å². The fourth-order valence-electron chi connectivity index (χ4n) is 1.85. The van der Waals surface area contributed by atoms with E-state index in [1.165, 1.54) is 0 Å². The van der Waals surface area contributed by atoms with Crippen LogP contribution in [0, 0.1) is 22.7 Å². The van der Waals surface area contributed by atoms with Gasteiger partial charge in [-0.05, 0) is 28.2 Å². The number of nitriles is 2. The number of nitrogens with one attached hydrogen (secondary N) is 2. The molecule has 1 rings (SSSR count). The lowest BCUT2D eigenvalue weighted by atomic mass is 10.1. The summed E-state index contributed by atoms with van der Waals surface area (Å²) in [7, 11) is 7.53. The van der Waals surface area contributed by atoms with Crippen LogP contribution >= 0.6 is 0 Å². The number of likely N-dealkylation sites (N-methyl/N-ethyl adjacent to an activating group) is 2. The van der Waals surface area contributed by atoms with E-state index in [1.54, 1.807) is 0 Å².